The molecule has 0 fully saturated rings. The first-order valence-corrected chi connectivity index (χ1v) is 9.05. The van der Waals surface area contributed by atoms with Gasteiger partial charge in [0, 0.05) is 24.9 Å². The van der Waals surface area contributed by atoms with E-state index in [-0.39, 0.29) is 30.6 Å². The van der Waals surface area contributed by atoms with Crippen molar-refractivity contribution in [2.75, 3.05) is 13.7 Å². The van der Waals surface area contributed by atoms with Crippen LogP contribution >= 0.6 is 0 Å². The second-order valence-electron chi connectivity index (χ2n) is 6.87. The van der Waals surface area contributed by atoms with Gasteiger partial charge in [0.05, 0.1) is 13.2 Å². The Kier molecular flexibility index (Phi) is 5.40. The fourth-order valence-electron chi connectivity index (χ4n) is 3.51. The predicted octanol–water partition coefficient (Wildman–Crippen LogP) is 4.11. The lowest BCUT2D eigenvalue weighted by atomic mass is 9.92. The highest BCUT2D eigenvalue weighted by atomic mass is 16.5. The van der Waals surface area contributed by atoms with E-state index in [1.165, 1.54) is 5.56 Å². The SMILES string of the molecule is COc1ccc2c(c1)C(C)N(C(=O)CCC(=O)c1ccc(C)cc1)CC2. The quantitative estimate of drug-likeness (QED) is 0.762. The van der Waals surface area contributed by atoms with Gasteiger partial charge in [0.25, 0.3) is 0 Å². The van der Waals surface area contributed by atoms with Crippen molar-refractivity contribution in [1.82, 2.24) is 4.90 Å². The third-order valence-corrected chi connectivity index (χ3v) is 5.15. The van der Waals surface area contributed by atoms with Crippen molar-refractivity contribution in [1.29, 1.82) is 0 Å². The van der Waals surface area contributed by atoms with Crippen molar-refractivity contribution in [2.24, 2.45) is 0 Å². The molecule has 0 aromatic heterocycles. The predicted molar refractivity (Wildman–Crippen MR) is 102 cm³/mol. The molecule has 1 atom stereocenters. The van der Waals surface area contributed by atoms with Crippen molar-refractivity contribution in [3.63, 3.8) is 0 Å². The van der Waals surface area contributed by atoms with Crippen LogP contribution in [0.15, 0.2) is 42.5 Å². The summed E-state index contributed by atoms with van der Waals surface area (Å²) in [6, 6.07) is 13.5. The molecule has 4 nitrogen and oxygen atoms in total. The van der Waals surface area contributed by atoms with E-state index in [0.29, 0.717) is 12.1 Å². The molecule has 1 unspecified atom stereocenters. The first-order valence-electron chi connectivity index (χ1n) is 9.05. The van der Waals surface area contributed by atoms with Gasteiger partial charge in [0.2, 0.25) is 5.91 Å². The molecule has 0 spiro atoms. The Morgan fingerprint density at radius 1 is 1.12 bits per heavy atom. The maximum atomic E-state index is 12.7. The summed E-state index contributed by atoms with van der Waals surface area (Å²) in [6.45, 7) is 4.72. The number of Topliss-reactive ketones (excluding diaryl/α,β-unsaturated/α-hetero) is 1. The Balaban J connectivity index is 1.64. The standard InChI is InChI=1S/C22H25NO3/c1-15-4-6-18(7-5-15)21(24)10-11-22(25)23-13-12-17-8-9-19(26-3)14-20(17)16(23)2/h4-9,14,16H,10-13H2,1-3H3. The summed E-state index contributed by atoms with van der Waals surface area (Å²) in [4.78, 5) is 26.9. The fraction of sp³-hybridized carbons (Fsp3) is 0.364. The number of hydrogen-bond acceptors (Lipinski definition) is 3. The zero-order valence-electron chi connectivity index (χ0n) is 15.6. The normalized spacial score (nSPS) is 16.1. The van der Waals surface area contributed by atoms with E-state index in [1.54, 1.807) is 7.11 Å². The molecule has 0 radical (unpaired) electrons. The van der Waals surface area contributed by atoms with Crippen LogP contribution in [0.2, 0.25) is 0 Å². The van der Waals surface area contributed by atoms with Crippen molar-refractivity contribution < 1.29 is 14.3 Å². The molecule has 2 aromatic rings. The van der Waals surface area contributed by atoms with E-state index in [4.69, 9.17) is 4.74 Å². The molecule has 0 bridgehead atoms. The molecule has 2 aromatic carbocycles. The molecule has 0 saturated carbocycles. The van der Waals surface area contributed by atoms with E-state index < -0.39 is 0 Å². The summed E-state index contributed by atoms with van der Waals surface area (Å²) in [5, 5.41) is 0. The van der Waals surface area contributed by atoms with Gasteiger partial charge in [-0.3, -0.25) is 9.59 Å². The average molecular weight is 351 g/mol. The number of ketones is 1. The van der Waals surface area contributed by atoms with Gasteiger partial charge in [-0.05, 0) is 43.5 Å². The molecule has 1 amide bonds. The summed E-state index contributed by atoms with van der Waals surface area (Å²) >= 11 is 0. The van der Waals surface area contributed by atoms with E-state index in [2.05, 4.69) is 6.07 Å². The average Bonchev–Trinajstić information content (AvgIpc) is 2.66. The van der Waals surface area contributed by atoms with Crippen LogP contribution in [0.5, 0.6) is 5.75 Å². The Hall–Kier alpha value is -2.62. The van der Waals surface area contributed by atoms with Crippen molar-refractivity contribution in [3.8, 4) is 5.75 Å². The summed E-state index contributed by atoms with van der Waals surface area (Å²) in [5.74, 6) is 0.857. The summed E-state index contributed by atoms with van der Waals surface area (Å²) < 4.78 is 5.31. The molecule has 0 aliphatic carbocycles. The van der Waals surface area contributed by atoms with E-state index in [0.717, 1.165) is 23.3 Å². The summed E-state index contributed by atoms with van der Waals surface area (Å²) in [6.07, 6.45) is 1.33. The highest BCUT2D eigenvalue weighted by Crippen LogP contribution is 2.32. The lowest BCUT2D eigenvalue weighted by Gasteiger charge is -2.35. The lowest BCUT2D eigenvalue weighted by Crippen LogP contribution is -2.39. The Labute approximate surface area is 154 Å². The number of ether oxygens (including phenoxy) is 1. The number of carbonyl (C=O) groups excluding carboxylic acids is 2. The monoisotopic (exact) mass is 351 g/mol. The van der Waals surface area contributed by atoms with Crippen LogP contribution in [-0.2, 0) is 11.2 Å². The molecule has 1 heterocycles. The number of hydrogen-bond donors (Lipinski definition) is 0. The van der Waals surface area contributed by atoms with Crippen molar-refractivity contribution in [3.05, 3.63) is 64.7 Å². The number of carbonyl (C=O) groups is 2. The molecular weight excluding hydrogens is 326 g/mol. The van der Waals surface area contributed by atoms with Gasteiger partial charge in [-0.2, -0.15) is 0 Å². The number of aryl methyl sites for hydroxylation is 1. The minimum atomic E-state index is -0.00386. The van der Waals surface area contributed by atoms with E-state index in [1.807, 2.05) is 55.1 Å². The topological polar surface area (TPSA) is 46.6 Å². The molecule has 0 saturated heterocycles. The van der Waals surface area contributed by atoms with Gasteiger partial charge < -0.3 is 9.64 Å². The molecule has 3 rings (SSSR count). The van der Waals surface area contributed by atoms with E-state index >= 15 is 0 Å². The number of nitrogens with zero attached hydrogens (tertiary/aromatic N) is 1. The fourth-order valence-corrected chi connectivity index (χ4v) is 3.51. The Morgan fingerprint density at radius 2 is 1.85 bits per heavy atom. The largest absolute Gasteiger partial charge is 0.497 e. The van der Waals surface area contributed by atoms with Gasteiger partial charge in [-0.25, -0.2) is 0 Å². The minimum Gasteiger partial charge on any atom is -0.497 e. The van der Waals surface area contributed by atoms with Crippen LogP contribution in [-0.4, -0.2) is 30.2 Å². The number of rotatable bonds is 5. The van der Waals surface area contributed by atoms with Gasteiger partial charge >= 0.3 is 0 Å². The molecule has 4 heteroatoms. The van der Waals surface area contributed by atoms with E-state index in [9.17, 15) is 9.59 Å². The van der Waals surface area contributed by atoms with Crippen LogP contribution in [0, 0.1) is 6.92 Å². The first kappa shape index (κ1) is 18.2. The maximum Gasteiger partial charge on any atom is 0.223 e. The Morgan fingerprint density at radius 3 is 2.54 bits per heavy atom. The number of amides is 1. The Bertz CT molecular complexity index is 811. The molecule has 1 aliphatic heterocycles. The first-order chi connectivity index (χ1) is 12.5. The van der Waals surface area contributed by atoms with Crippen LogP contribution < -0.4 is 4.74 Å². The second-order valence-corrected chi connectivity index (χ2v) is 6.87. The van der Waals surface area contributed by atoms with Crippen molar-refractivity contribution in [2.45, 2.75) is 39.2 Å². The molecular formula is C22H25NO3. The molecule has 26 heavy (non-hydrogen) atoms. The third kappa shape index (κ3) is 3.79. The van der Waals surface area contributed by atoms with Gasteiger partial charge in [0.15, 0.2) is 5.78 Å². The van der Waals surface area contributed by atoms with Crippen molar-refractivity contribution >= 4 is 11.7 Å². The zero-order chi connectivity index (χ0) is 18.7. The lowest BCUT2D eigenvalue weighted by molar-refractivity contribution is -0.133. The third-order valence-electron chi connectivity index (χ3n) is 5.15. The van der Waals surface area contributed by atoms with Gasteiger partial charge in [-0.15, -0.1) is 0 Å². The summed E-state index contributed by atoms with van der Waals surface area (Å²) in [7, 11) is 1.65. The van der Waals surface area contributed by atoms with Crippen LogP contribution in [0.25, 0.3) is 0 Å². The van der Waals surface area contributed by atoms with Gasteiger partial charge in [0.1, 0.15) is 5.75 Å². The molecule has 0 N–H and O–H groups in total. The van der Waals surface area contributed by atoms with Gasteiger partial charge in [-0.1, -0.05) is 35.9 Å². The van der Waals surface area contributed by atoms with Crippen LogP contribution in [0.1, 0.15) is 52.9 Å². The number of methoxy groups -OCH3 is 1. The highest BCUT2D eigenvalue weighted by Gasteiger charge is 2.28. The smallest absolute Gasteiger partial charge is 0.223 e. The van der Waals surface area contributed by atoms with Crippen LogP contribution in [0.3, 0.4) is 0 Å². The molecule has 1 aliphatic rings. The summed E-state index contributed by atoms with van der Waals surface area (Å²) in [5.41, 5.74) is 4.19. The number of fused-ring (bicyclic) bond motifs is 1. The molecule has 136 valence electrons. The maximum absolute atomic E-state index is 12.7. The minimum absolute atomic E-state index is 0.00386. The second kappa shape index (κ2) is 7.73. The van der Waals surface area contributed by atoms with Crippen LogP contribution in [0.4, 0.5) is 0 Å². The zero-order valence-corrected chi connectivity index (χ0v) is 15.6. The highest BCUT2D eigenvalue weighted by molar-refractivity contribution is 5.98. The number of benzene rings is 2.